The van der Waals surface area contributed by atoms with Crippen LogP contribution in [0.4, 0.5) is 0 Å². The number of hydrogen-bond acceptors (Lipinski definition) is 3. The number of nitrogens with one attached hydrogen (secondary N) is 1. The number of rotatable bonds is 4. The van der Waals surface area contributed by atoms with Gasteiger partial charge in [0.25, 0.3) is 5.91 Å². The van der Waals surface area contributed by atoms with Crippen molar-refractivity contribution in [3.8, 4) is 5.75 Å². The third kappa shape index (κ3) is 2.08. The van der Waals surface area contributed by atoms with Crippen molar-refractivity contribution in [1.82, 2.24) is 5.32 Å². The van der Waals surface area contributed by atoms with Gasteiger partial charge in [0, 0.05) is 24.6 Å². The number of carbonyl (C=O) groups excluding carboxylic acids is 1. The summed E-state index contributed by atoms with van der Waals surface area (Å²) in [6, 6.07) is 8.08. The molecule has 0 aromatic heterocycles. The molecule has 1 saturated carbocycles. The van der Waals surface area contributed by atoms with Crippen LogP contribution in [0, 0.1) is 0 Å². The van der Waals surface area contributed by atoms with Gasteiger partial charge in [0.05, 0.1) is 6.61 Å². The predicted molar refractivity (Wildman–Crippen MR) is 75.9 cm³/mol. The molecule has 20 heavy (non-hydrogen) atoms. The highest BCUT2D eigenvalue weighted by Gasteiger charge is 2.45. The molecule has 1 amide bonds. The average molecular weight is 275 g/mol. The standard InChI is InChI=1S/C16H21NO3/c1-11(17-15(18)16(19-2)8-5-9-16)13-10-20-14-7-4-3-6-12(13)14/h3-4,6-7,11,13H,5,8-10H2,1-2H3,(H,17,18)/t11-,13+/m0/s1. The first-order valence-corrected chi connectivity index (χ1v) is 7.24. The van der Waals surface area contributed by atoms with Crippen LogP contribution in [0.3, 0.4) is 0 Å². The molecule has 1 fully saturated rings. The summed E-state index contributed by atoms with van der Waals surface area (Å²) >= 11 is 0. The Bertz CT molecular complexity index is 505. The zero-order valence-corrected chi connectivity index (χ0v) is 12.0. The van der Waals surface area contributed by atoms with Gasteiger partial charge in [0.15, 0.2) is 0 Å². The Morgan fingerprint density at radius 1 is 1.45 bits per heavy atom. The number of carbonyl (C=O) groups is 1. The normalized spacial score (nSPS) is 24.2. The fraction of sp³-hybridized carbons (Fsp3) is 0.562. The summed E-state index contributed by atoms with van der Waals surface area (Å²) in [5, 5.41) is 3.11. The Kier molecular flexibility index (Phi) is 3.42. The molecule has 0 unspecified atom stereocenters. The molecule has 1 aliphatic carbocycles. The largest absolute Gasteiger partial charge is 0.493 e. The minimum absolute atomic E-state index is 0.0168. The van der Waals surface area contributed by atoms with Crippen LogP contribution in [0.15, 0.2) is 24.3 Å². The van der Waals surface area contributed by atoms with E-state index >= 15 is 0 Å². The van der Waals surface area contributed by atoms with Crippen LogP contribution in [0.2, 0.25) is 0 Å². The smallest absolute Gasteiger partial charge is 0.252 e. The molecule has 0 bridgehead atoms. The van der Waals surface area contributed by atoms with Gasteiger partial charge in [-0.3, -0.25) is 4.79 Å². The minimum atomic E-state index is -0.590. The summed E-state index contributed by atoms with van der Waals surface area (Å²) in [6.07, 6.45) is 2.70. The lowest BCUT2D eigenvalue weighted by Gasteiger charge is -2.39. The van der Waals surface area contributed by atoms with Crippen LogP contribution in [-0.2, 0) is 9.53 Å². The molecule has 1 N–H and O–H groups in total. The molecule has 4 nitrogen and oxygen atoms in total. The van der Waals surface area contributed by atoms with Crippen LogP contribution in [0.5, 0.6) is 5.75 Å². The molecule has 1 aliphatic heterocycles. The number of hydrogen-bond donors (Lipinski definition) is 1. The van der Waals surface area contributed by atoms with E-state index in [1.165, 1.54) is 5.56 Å². The maximum atomic E-state index is 12.4. The van der Waals surface area contributed by atoms with E-state index in [0.29, 0.717) is 6.61 Å². The van der Waals surface area contributed by atoms with Gasteiger partial charge in [-0.1, -0.05) is 18.2 Å². The molecule has 0 saturated heterocycles. The Labute approximate surface area is 119 Å². The first-order valence-electron chi connectivity index (χ1n) is 7.24. The van der Waals surface area contributed by atoms with Gasteiger partial charge in [0.1, 0.15) is 11.4 Å². The Morgan fingerprint density at radius 3 is 2.85 bits per heavy atom. The van der Waals surface area contributed by atoms with Crippen LogP contribution in [0.1, 0.15) is 37.7 Å². The quantitative estimate of drug-likeness (QED) is 0.916. The van der Waals surface area contributed by atoms with Crippen LogP contribution in [0.25, 0.3) is 0 Å². The van der Waals surface area contributed by atoms with Crippen molar-refractivity contribution in [2.75, 3.05) is 13.7 Å². The lowest BCUT2D eigenvalue weighted by Crippen LogP contribution is -2.55. The van der Waals surface area contributed by atoms with E-state index in [0.717, 1.165) is 25.0 Å². The van der Waals surface area contributed by atoms with Crippen LogP contribution >= 0.6 is 0 Å². The van der Waals surface area contributed by atoms with Crippen molar-refractivity contribution >= 4 is 5.91 Å². The average Bonchev–Trinajstić information content (AvgIpc) is 2.81. The zero-order valence-electron chi connectivity index (χ0n) is 12.0. The molecule has 0 spiro atoms. The third-order valence-corrected chi connectivity index (χ3v) is 4.66. The van der Waals surface area contributed by atoms with Crippen molar-refractivity contribution < 1.29 is 14.3 Å². The number of fused-ring (bicyclic) bond motifs is 1. The molecule has 4 heteroatoms. The van der Waals surface area contributed by atoms with Gasteiger partial charge in [-0.2, -0.15) is 0 Å². The Morgan fingerprint density at radius 2 is 2.20 bits per heavy atom. The molecule has 108 valence electrons. The first kappa shape index (κ1) is 13.4. The third-order valence-electron chi connectivity index (χ3n) is 4.66. The maximum absolute atomic E-state index is 12.4. The highest BCUT2D eigenvalue weighted by Crippen LogP contribution is 2.38. The van der Waals surface area contributed by atoms with E-state index in [4.69, 9.17) is 9.47 Å². The lowest BCUT2D eigenvalue weighted by molar-refractivity contribution is -0.155. The van der Waals surface area contributed by atoms with Crippen molar-refractivity contribution in [3.05, 3.63) is 29.8 Å². The second kappa shape index (κ2) is 5.09. The molecule has 2 aliphatic rings. The van der Waals surface area contributed by atoms with E-state index in [9.17, 15) is 4.79 Å². The number of amides is 1. The van der Waals surface area contributed by atoms with Gasteiger partial charge < -0.3 is 14.8 Å². The maximum Gasteiger partial charge on any atom is 0.252 e. The SMILES string of the molecule is COC1(C(=O)N[C@@H](C)[C@H]2COc3ccccc32)CCC1. The van der Waals surface area contributed by atoms with Gasteiger partial charge in [-0.15, -0.1) is 0 Å². The molecular weight excluding hydrogens is 254 g/mol. The number of para-hydroxylation sites is 1. The molecule has 0 radical (unpaired) electrons. The monoisotopic (exact) mass is 275 g/mol. The number of benzene rings is 1. The van der Waals surface area contributed by atoms with Gasteiger partial charge in [-0.05, 0) is 32.3 Å². The second-order valence-corrected chi connectivity index (χ2v) is 5.77. The number of ether oxygens (including phenoxy) is 2. The summed E-state index contributed by atoms with van der Waals surface area (Å²) in [5.74, 6) is 1.16. The predicted octanol–water partition coefficient (Wildman–Crippen LogP) is 2.24. The van der Waals surface area contributed by atoms with E-state index in [-0.39, 0.29) is 17.9 Å². The van der Waals surface area contributed by atoms with Crippen LogP contribution < -0.4 is 10.1 Å². The Hall–Kier alpha value is -1.55. The molecule has 1 aromatic rings. The summed E-state index contributed by atoms with van der Waals surface area (Å²) in [6.45, 7) is 2.66. The second-order valence-electron chi connectivity index (χ2n) is 5.77. The summed E-state index contributed by atoms with van der Waals surface area (Å²) < 4.78 is 11.1. The minimum Gasteiger partial charge on any atom is -0.493 e. The topological polar surface area (TPSA) is 47.6 Å². The Balaban J connectivity index is 1.69. The van der Waals surface area contributed by atoms with Crippen molar-refractivity contribution in [3.63, 3.8) is 0 Å². The van der Waals surface area contributed by atoms with Crippen molar-refractivity contribution in [1.29, 1.82) is 0 Å². The highest BCUT2D eigenvalue weighted by atomic mass is 16.5. The number of methoxy groups -OCH3 is 1. The molecule has 1 aromatic carbocycles. The molecule has 3 rings (SSSR count). The molecule has 2 atom stereocenters. The van der Waals surface area contributed by atoms with E-state index in [2.05, 4.69) is 11.4 Å². The lowest BCUT2D eigenvalue weighted by atomic mass is 9.79. The van der Waals surface area contributed by atoms with E-state index in [1.807, 2.05) is 25.1 Å². The van der Waals surface area contributed by atoms with Crippen molar-refractivity contribution in [2.45, 2.75) is 43.7 Å². The highest BCUT2D eigenvalue weighted by molar-refractivity contribution is 5.86. The summed E-state index contributed by atoms with van der Waals surface area (Å²) in [5.41, 5.74) is 0.591. The zero-order chi connectivity index (χ0) is 14.2. The summed E-state index contributed by atoms with van der Waals surface area (Å²) in [7, 11) is 1.62. The molecular formula is C16H21NO3. The fourth-order valence-corrected chi connectivity index (χ4v) is 3.06. The fourth-order valence-electron chi connectivity index (χ4n) is 3.06. The van der Waals surface area contributed by atoms with Gasteiger partial charge in [-0.25, -0.2) is 0 Å². The summed E-state index contributed by atoms with van der Waals surface area (Å²) in [4.78, 5) is 12.4. The van der Waals surface area contributed by atoms with Gasteiger partial charge >= 0.3 is 0 Å². The van der Waals surface area contributed by atoms with Gasteiger partial charge in [0.2, 0.25) is 0 Å². The van der Waals surface area contributed by atoms with E-state index < -0.39 is 5.60 Å². The van der Waals surface area contributed by atoms with Crippen LogP contribution in [-0.4, -0.2) is 31.3 Å². The van der Waals surface area contributed by atoms with E-state index in [1.54, 1.807) is 7.11 Å². The van der Waals surface area contributed by atoms with Crippen molar-refractivity contribution in [2.24, 2.45) is 0 Å². The first-order chi connectivity index (χ1) is 9.66. The molecule has 1 heterocycles.